The zero-order valence-corrected chi connectivity index (χ0v) is 18.8. The number of hydrogen-bond donors (Lipinski definition) is 5. The van der Waals surface area contributed by atoms with Gasteiger partial charge in [0.15, 0.2) is 28.4 Å². The number of nitrogens with zero attached hydrogens (tertiary/aromatic N) is 4. The van der Waals surface area contributed by atoms with Gasteiger partial charge in [-0.1, -0.05) is 30.3 Å². The second-order valence-electron chi connectivity index (χ2n) is 7.63. The Balaban J connectivity index is 1.47. The first kappa shape index (κ1) is 24.1. The number of piperidine rings is 1. The van der Waals surface area contributed by atoms with E-state index in [-0.39, 0.29) is 46.9 Å². The molecule has 2 aromatic rings. The van der Waals surface area contributed by atoms with Crippen LogP contribution in [0.25, 0.3) is 0 Å². The number of carbonyl (C=O) groups excluding carboxylic acids is 1. The zero-order valence-electron chi connectivity index (χ0n) is 18.0. The van der Waals surface area contributed by atoms with Crippen LogP contribution in [0.2, 0.25) is 5.15 Å². The topological polar surface area (TPSA) is 178 Å². The van der Waals surface area contributed by atoms with Gasteiger partial charge in [-0.15, -0.1) is 0 Å². The van der Waals surface area contributed by atoms with Crippen molar-refractivity contribution in [3.63, 3.8) is 0 Å². The SMILES string of the molecule is C=C(O)COc1ccc(CN2CCC(N/C(N)=N/C(=O)c3nc(Cl)c(N)nc3N)CC2)cc1. The third-order valence-electron chi connectivity index (χ3n) is 5.00. The van der Waals surface area contributed by atoms with E-state index in [0.29, 0.717) is 5.75 Å². The summed E-state index contributed by atoms with van der Waals surface area (Å²) in [4.78, 5) is 26.0. The van der Waals surface area contributed by atoms with Crippen LogP contribution in [0.3, 0.4) is 0 Å². The van der Waals surface area contributed by atoms with Crippen LogP contribution in [-0.4, -0.2) is 57.6 Å². The summed E-state index contributed by atoms with van der Waals surface area (Å²) in [6.07, 6.45) is 1.67. The number of aromatic nitrogens is 2. The molecule has 1 aromatic heterocycles. The second kappa shape index (κ2) is 10.8. The third kappa shape index (κ3) is 6.96. The van der Waals surface area contributed by atoms with Gasteiger partial charge in [-0.3, -0.25) is 9.69 Å². The summed E-state index contributed by atoms with van der Waals surface area (Å²) in [5.41, 5.74) is 18.0. The lowest BCUT2D eigenvalue weighted by atomic mass is 10.0. The molecule has 0 atom stereocenters. The highest BCUT2D eigenvalue weighted by atomic mass is 35.5. The number of amides is 1. The molecule has 0 saturated carbocycles. The Morgan fingerprint density at radius 3 is 2.55 bits per heavy atom. The number of ether oxygens (including phenoxy) is 1. The Morgan fingerprint density at radius 2 is 1.91 bits per heavy atom. The summed E-state index contributed by atoms with van der Waals surface area (Å²) in [5.74, 6) is -0.336. The molecule has 8 N–H and O–H groups in total. The first-order chi connectivity index (χ1) is 15.7. The Labute approximate surface area is 196 Å². The number of carbonyl (C=O) groups is 1. The predicted octanol–water partition coefficient (Wildman–Crippen LogP) is 1.45. The van der Waals surface area contributed by atoms with Crippen molar-refractivity contribution in [3.05, 3.63) is 53.0 Å². The van der Waals surface area contributed by atoms with E-state index in [0.717, 1.165) is 38.0 Å². The zero-order chi connectivity index (χ0) is 24.0. The fraction of sp³-hybridized carbons (Fsp3) is 0.333. The normalized spacial score (nSPS) is 15.2. The quantitative estimate of drug-likeness (QED) is 0.224. The van der Waals surface area contributed by atoms with Crippen molar-refractivity contribution in [2.75, 3.05) is 31.2 Å². The van der Waals surface area contributed by atoms with Gasteiger partial charge in [0.25, 0.3) is 0 Å². The number of hydrogen-bond acceptors (Lipinski definition) is 8. The van der Waals surface area contributed by atoms with Crippen molar-refractivity contribution >= 4 is 35.1 Å². The summed E-state index contributed by atoms with van der Waals surface area (Å²) in [7, 11) is 0. The van der Waals surface area contributed by atoms with E-state index in [1.165, 1.54) is 0 Å². The van der Waals surface area contributed by atoms with Crippen molar-refractivity contribution in [2.45, 2.75) is 25.4 Å². The van der Waals surface area contributed by atoms with E-state index in [4.69, 9.17) is 38.6 Å². The number of halogens is 1. The molecule has 3 rings (SSSR count). The number of aliphatic hydroxyl groups is 1. The number of guanidine groups is 1. The molecular weight excluding hydrogens is 448 g/mol. The average Bonchev–Trinajstić information content (AvgIpc) is 2.77. The van der Waals surface area contributed by atoms with Crippen LogP contribution in [0.5, 0.6) is 5.75 Å². The van der Waals surface area contributed by atoms with Crippen LogP contribution in [0.15, 0.2) is 41.6 Å². The number of aliphatic imine (C=N–C) groups is 1. The van der Waals surface area contributed by atoms with Gasteiger partial charge in [0.2, 0.25) is 0 Å². The Bertz CT molecular complexity index is 1040. The molecule has 11 nitrogen and oxygen atoms in total. The minimum atomic E-state index is -0.750. The fourth-order valence-electron chi connectivity index (χ4n) is 3.35. The molecule has 0 unspecified atom stereocenters. The molecule has 12 heteroatoms. The van der Waals surface area contributed by atoms with E-state index in [1.807, 2.05) is 24.3 Å². The molecule has 2 heterocycles. The largest absolute Gasteiger partial charge is 0.509 e. The van der Waals surface area contributed by atoms with E-state index in [2.05, 4.69) is 31.8 Å². The van der Waals surface area contributed by atoms with Gasteiger partial charge >= 0.3 is 5.91 Å². The minimum Gasteiger partial charge on any atom is -0.509 e. The third-order valence-corrected chi connectivity index (χ3v) is 5.28. The van der Waals surface area contributed by atoms with Gasteiger partial charge in [-0.2, -0.15) is 4.99 Å². The molecule has 1 amide bonds. The fourth-order valence-corrected chi connectivity index (χ4v) is 3.48. The monoisotopic (exact) mass is 474 g/mol. The highest BCUT2D eigenvalue weighted by Gasteiger charge is 2.21. The van der Waals surface area contributed by atoms with Crippen LogP contribution in [0.4, 0.5) is 11.6 Å². The van der Waals surface area contributed by atoms with Gasteiger partial charge in [-0.25, -0.2) is 9.97 Å². The van der Waals surface area contributed by atoms with E-state index < -0.39 is 5.91 Å². The smallest absolute Gasteiger partial charge is 0.302 e. The van der Waals surface area contributed by atoms with Gasteiger partial charge < -0.3 is 32.4 Å². The Hall–Kier alpha value is -3.57. The van der Waals surface area contributed by atoms with Gasteiger partial charge in [0.1, 0.15) is 18.1 Å². The molecule has 1 aliphatic rings. The summed E-state index contributed by atoms with van der Waals surface area (Å²) in [5, 5.41) is 12.0. The van der Waals surface area contributed by atoms with E-state index in [1.54, 1.807) is 0 Å². The lowest BCUT2D eigenvalue weighted by molar-refractivity contribution is 0.0998. The van der Waals surface area contributed by atoms with Crippen LogP contribution in [0.1, 0.15) is 28.9 Å². The van der Waals surface area contributed by atoms with Crippen LogP contribution >= 0.6 is 11.6 Å². The highest BCUT2D eigenvalue weighted by Crippen LogP contribution is 2.19. The lowest BCUT2D eigenvalue weighted by Crippen LogP contribution is -2.47. The van der Waals surface area contributed by atoms with Gasteiger partial charge in [-0.05, 0) is 30.5 Å². The molecule has 0 spiro atoms. The molecule has 1 aromatic carbocycles. The van der Waals surface area contributed by atoms with Gasteiger partial charge in [0, 0.05) is 25.7 Å². The van der Waals surface area contributed by atoms with Crippen molar-refractivity contribution in [2.24, 2.45) is 10.7 Å². The molecule has 1 saturated heterocycles. The molecule has 1 fully saturated rings. The van der Waals surface area contributed by atoms with Gasteiger partial charge in [0.05, 0.1) is 0 Å². The molecule has 176 valence electrons. The first-order valence-electron chi connectivity index (χ1n) is 10.3. The standard InChI is InChI=1S/C21H27ClN8O3/c1-12(31)11-33-15-4-2-13(3-5-15)10-30-8-6-14(7-9-30)26-21(25)29-20(32)16-18(23)28-19(24)17(22)27-16/h2-5,14,31H,1,6-11H2,(H4,23,24,28)(H3,25,26,29,32). The molecule has 0 radical (unpaired) electrons. The number of rotatable bonds is 7. The minimum absolute atomic E-state index is 0.0157. The number of benzene rings is 1. The number of likely N-dealkylation sites (tertiary alicyclic amines) is 1. The van der Waals surface area contributed by atoms with Crippen LogP contribution in [0, 0.1) is 0 Å². The molecule has 0 aliphatic carbocycles. The van der Waals surface area contributed by atoms with E-state index in [9.17, 15) is 4.79 Å². The number of nitrogen functional groups attached to an aromatic ring is 2. The number of anilines is 2. The maximum atomic E-state index is 12.3. The number of aliphatic hydroxyl groups excluding tert-OH is 1. The molecule has 0 bridgehead atoms. The molecular formula is C21H27ClN8O3. The van der Waals surface area contributed by atoms with Crippen molar-refractivity contribution in [1.29, 1.82) is 0 Å². The summed E-state index contributed by atoms with van der Waals surface area (Å²) < 4.78 is 5.39. The first-order valence-corrected chi connectivity index (χ1v) is 10.6. The highest BCUT2D eigenvalue weighted by molar-refractivity contribution is 6.31. The number of nitrogens with one attached hydrogen (secondary N) is 1. The Kier molecular flexibility index (Phi) is 7.91. The maximum absolute atomic E-state index is 12.3. The number of nitrogens with two attached hydrogens (primary N) is 3. The molecule has 1 aliphatic heterocycles. The van der Waals surface area contributed by atoms with Crippen molar-refractivity contribution in [3.8, 4) is 5.75 Å². The Morgan fingerprint density at radius 1 is 1.24 bits per heavy atom. The lowest BCUT2D eigenvalue weighted by Gasteiger charge is -2.32. The maximum Gasteiger partial charge on any atom is 0.302 e. The summed E-state index contributed by atoms with van der Waals surface area (Å²) in [6, 6.07) is 7.80. The summed E-state index contributed by atoms with van der Waals surface area (Å²) in [6.45, 7) is 5.98. The second-order valence-corrected chi connectivity index (χ2v) is 7.99. The predicted molar refractivity (Wildman–Crippen MR) is 127 cm³/mol. The van der Waals surface area contributed by atoms with E-state index >= 15 is 0 Å². The molecule has 33 heavy (non-hydrogen) atoms. The van der Waals surface area contributed by atoms with Crippen molar-refractivity contribution in [1.82, 2.24) is 20.2 Å². The average molecular weight is 475 g/mol. The van der Waals surface area contributed by atoms with Crippen LogP contribution < -0.4 is 27.3 Å². The van der Waals surface area contributed by atoms with Crippen molar-refractivity contribution < 1.29 is 14.6 Å². The summed E-state index contributed by atoms with van der Waals surface area (Å²) >= 11 is 5.80. The van der Waals surface area contributed by atoms with Crippen LogP contribution in [-0.2, 0) is 6.54 Å².